The summed E-state index contributed by atoms with van der Waals surface area (Å²) in [6.45, 7) is 4.76. The zero-order valence-electron chi connectivity index (χ0n) is 14.8. The molecular formula is C19H20N2O5S. The maximum Gasteiger partial charge on any atom is 0.322 e. The second-order valence-electron chi connectivity index (χ2n) is 5.73. The Bertz CT molecular complexity index is 970. The predicted octanol–water partition coefficient (Wildman–Crippen LogP) is 2.19. The lowest BCUT2D eigenvalue weighted by Gasteiger charge is -2.25. The zero-order valence-corrected chi connectivity index (χ0v) is 15.6. The minimum atomic E-state index is -3.96. The van der Waals surface area contributed by atoms with Crippen molar-refractivity contribution >= 4 is 27.6 Å². The summed E-state index contributed by atoms with van der Waals surface area (Å²) in [4.78, 5) is 23.2. The Hall–Kier alpha value is -3.13. The van der Waals surface area contributed by atoms with Crippen molar-refractivity contribution in [2.75, 3.05) is 17.4 Å². The van der Waals surface area contributed by atoms with Gasteiger partial charge in [-0.1, -0.05) is 30.3 Å². The van der Waals surface area contributed by atoms with E-state index in [4.69, 9.17) is 5.11 Å². The molecule has 0 heterocycles. The summed E-state index contributed by atoms with van der Waals surface area (Å²) >= 11 is 0. The normalized spacial score (nSPS) is 10.9. The molecule has 0 aliphatic rings. The average molecular weight is 388 g/mol. The van der Waals surface area contributed by atoms with Crippen LogP contribution in [0.4, 0.5) is 5.69 Å². The molecule has 8 heteroatoms. The number of aryl methyl sites for hydroxylation is 1. The summed E-state index contributed by atoms with van der Waals surface area (Å²) in [5, 5.41) is 11.0. The number of hydrogen-bond donors (Lipinski definition) is 2. The van der Waals surface area contributed by atoms with Crippen LogP contribution in [0.25, 0.3) is 0 Å². The molecular weight excluding hydrogens is 368 g/mol. The molecule has 2 rings (SSSR count). The van der Waals surface area contributed by atoms with E-state index in [1.165, 1.54) is 24.3 Å². The number of benzene rings is 2. The number of carbonyl (C=O) groups is 2. The van der Waals surface area contributed by atoms with Gasteiger partial charge >= 0.3 is 5.97 Å². The Balaban J connectivity index is 2.53. The molecule has 0 aromatic heterocycles. The third-order valence-electron chi connectivity index (χ3n) is 3.69. The fourth-order valence-corrected chi connectivity index (χ4v) is 4.04. The van der Waals surface area contributed by atoms with E-state index >= 15 is 0 Å². The number of nitrogens with zero attached hydrogens (tertiary/aromatic N) is 1. The Labute approximate surface area is 158 Å². The van der Waals surface area contributed by atoms with Crippen molar-refractivity contribution in [2.45, 2.75) is 11.8 Å². The maximum absolute atomic E-state index is 13.2. The van der Waals surface area contributed by atoms with Crippen molar-refractivity contribution in [2.24, 2.45) is 0 Å². The average Bonchev–Trinajstić information content (AvgIpc) is 2.64. The first-order valence-corrected chi connectivity index (χ1v) is 9.50. The Kier molecular flexibility index (Phi) is 6.36. The first kappa shape index (κ1) is 20.2. The molecule has 0 atom stereocenters. The van der Waals surface area contributed by atoms with E-state index in [1.807, 2.05) is 0 Å². The molecule has 0 fully saturated rings. The van der Waals surface area contributed by atoms with E-state index in [9.17, 15) is 18.0 Å². The summed E-state index contributed by atoms with van der Waals surface area (Å²) in [6, 6.07) is 12.5. The highest BCUT2D eigenvalue weighted by molar-refractivity contribution is 7.92. The van der Waals surface area contributed by atoms with E-state index < -0.39 is 28.4 Å². The Morgan fingerprint density at radius 3 is 2.52 bits per heavy atom. The number of hydrogen-bond acceptors (Lipinski definition) is 4. The number of rotatable bonds is 8. The number of aliphatic carboxylic acids is 1. The van der Waals surface area contributed by atoms with Crippen molar-refractivity contribution in [3.8, 4) is 0 Å². The van der Waals surface area contributed by atoms with Crippen LogP contribution in [-0.4, -0.2) is 38.5 Å². The number of carboxylic acid groups (broad SMARTS) is 1. The van der Waals surface area contributed by atoms with Crippen molar-refractivity contribution in [1.29, 1.82) is 0 Å². The van der Waals surface area contributed by atoms with Crippen molar-refractivity contribution < 1.29 is 23.1 Å². The van der Waals surface area contributed by atoms with Gasteiger partial charge in [-0.05, 0) is 36.8 Å². The number of para-hydroxylation sites is 1. The smallest absolute Gasteiger partial charge is 0.322 e. The van der Waals surface area contributed by atoms with E-state index in [0.29, 0.717) is 0 Å². The SMILES string of the molecule is C=CCN(c1ccccc1C(=O)NCC(=O)O)S(=O)(=O)c1cccc(C)c1. The molecule has 1 amide bonds. The summed E-state index contributed by atoms with van der Waals surface area (Å²) in [6.07, 6.45) is 1.42. The summed E-state index contributed by atoms with van der Waals surface area (Å²) in [7, 11) is -3.96. The first-order chi connectivity index (χ1) is 12.8. The number of carbonyl (C=O) groups excluding carboxylic acids is 1. The molecule has 2 aromatic carbocycles. The molecule has 0 bridgehead atoms. The second kappa shape index (κ2) is 8.50. The molecule has 142 valence electrons. The Morgan fingerprint density at radius 1 is 1.19 bits per heavy atom. The van der Waals surface area contributed by atoms with Gasteiger partial charge in [-0.25, -0.2) is 8.42 Å². The summed E-state index contributed by atoms with van der Waals surface area (Å²) in [5.74, 6) is -1.88. The van der Waals surface area contributed by atoms with Crippen molar-refractivity contribution in [1.82, 2.24) is 5.32 Å². The van der Waals surface area contributed by atoms with Gasteiger partial charge in [0.15, 0.2) is 0 Å². The van der Waals surface area contributed by atoms with Gasteiger partial charge < -0.3 is 10.4 Å². The summed E-state index contributed by atoms with van der Waals surface area (Å²) < 4.78 is 27.4. The number of anilines is 1. The van der Waals surface area contributed by atoms with Crippen LogP contribution in [0.15, 0.2) is 66.1 Å². The molecule has 0 unspecified atom stereocenters. The van der Waals surface area contributed by atoms with Gasteiger partial charge in [-0.3, -0.25) is 13.9 Å². The van der Waals surface area contributed by atoms with Crippen LogP contribution in [0.1, 0.15) is 15.9 Å². The van der Waals surface area contributed by atoms with Crippen LogP contribution >= 0.6 is 0 Å². The highest BCUT2D eigenvalue weighted by Crippen LogP contribution is 2.27. The molecule has 2 aromatic rings. The van der Waals surface area contributed by atoms with E-state index in [0.717, 1.165) is 9.87 Å². The van der Waals surface area contributed by atoms with Crippen LogP contribution in [-0.2, 0) is 14.8 Å². The highest BCUT2D eigenvalue weighted by atomic mass is 32.2. The fraction of sp³-hybridized carbons (Fsp3) is 0.158. The van der Waals surface area contributed by atoms with Gasteiger partial charge in [0.2, 0.25) is 0 Å². The lowest BCUT2D eigenvalue weighted by atomic mass is 10.1. The molecule has 27 heavy (non-hydrogen) atoms. The van der Waals surface area contributed by atoms with Gasteiger partial charge in [0.25, 0.3) is 15.9 Å². The van der Waals surface area contributed by atoms with Gasteiger partial charge in [0, 0.05) is 0 Å². The third-order valence-corrected chi connectivity index (χ3v) is 5.47. The van der Waals surface area contributed by atoms with Gasteiger partial charge in [0.1, 0.15) is 6.54 Å². The van der Waals surface area contributed by atoms with Gasteiger partial charge in [-0.2, -0.15) is 0 Å². The van der Waals surface area contributed by atoms with Crippen LogP contribution < -0.4 is 9.62 Å². The number of nitrogens with one attached hydrogen (secondary N) is 1. The monoisotopic (exact) mass is 388 g/mol. The molecule has 0 radical (unpaired) electrons. The largest absolute Gasteiger partial charge is 0.480 e. The van der Waals surface area contributed by atoms with E-state index in [1.54, 1.807) is 37.3 Å². The fourth-order valence-electron chi connectivity index (χ4n) is 2.48. The quantitative estimate of drug-likeness (QED) is 0.675. The summed E-state index contributed by atoms with van der Waals surface area (Å²) in [5.41, 5.74) is 0.973. The second-order valence-corrected chi connectivity index (χ2v) is 7.60. The van der Waals surface area contributed by atoms with Crippen LogP contribution in [0.5, 0.6) is 0 Å². The van der Waals surface area contributed by atoms with Gasteiger partial charge in [-0.15, -0.1) is 6.58 Å². The first-order valence-electron chi connectivity index (χ1n) is 8.06. The molecule has 2 N–H and O–H groups in total. The highest BCUT2D eigenvalue weighted by Gasteiger charge is 2.27. The molecule has 0 aliphatic heterocycles. The van der Waals surface area contributed by atoms with Crippen LogP contribution in [0.3, 0.4) is 0 Å². The van der Waals surface area contributed by atoms with E-state index in [-0.39, 0.29) is 22.7 Å². The topological polar surface area (TPSA) is 104 Å². The Morgan fingerprint density at radius 2 is 1.89 bits per heavy atom. The zero-order chi connectivity index (χ0) is 20.0. The third kappa shape index (κ3) is 4.73. The van der Waals surface area contributed by atoms with Crippen molar-refractivity contribution in [3.63, 3.8) is 0 Å². The number of carboxylic acids is 1. The molecule has 0 saturated heterocycles. The predicted molar refractivity (Wildman–Crippen MR) is 102 cm³/mol. The number of amides is 1. The van der Waals surface area contributed by atoms with Crippen LogP contribution in [0, 0.1) is 6.92 Å². The molecule has 0 aliphatic carbocycles. The lowest BCUT2D eigenvalue weighted by molar-refractivity contribution is -0.135. The number of sulfonamides is 1. The van der Waals surface area contributed by atoms with Gasteiger partial charge in [0.05, 0.1) is 22.7 Å². The standard InChI is InChI=1S/C19H20N2O5S/c1-3-11-21(27(25,26)15-8-6-7-14(2)12-15)17-10-5-4-9-16(17)19(24)20-13-18(22)23/h3-10,12H,1,11,13H2,2H3,(H,20,24)(H,22,23). The van der Waals surface area contributed by atoms with Crippen molar-refractivity contribution in [3.05, 3.63) is 72.3 Å². The molecule has 0 spiro atoms. The molecule has 0 saturated carbocycles. The minimum Gasteiger partial charge on any atom is -0.480 e. The minimum absolute atomic E-state index is 0.0526. The maximum atomic E-state index is 13.2. The lowest BCUT2D eigenvalue weighted by Crippen LogP contribution is -2.35. The molecule has 7 nitrogen and oxygen atoms in total. The van der Waals surface area contributed by atoms with Crippen LogP contribution in [0.2, 0.25) is 0 Å². The van der Waals surface area contributed by atoms with E-state index in [2.05, 4.69) is 11.9 Å².